The Labute approximate surface area is 84.5 Å². The molecule has 0 unspecified atom stereocenters. The van der Waals surface area contributed by atoms with E-state index in [0.717, 1.165) is 0 Å². The molecule has 74 valence electrons. The maximum Gasteiger partial charge on any atom is 0.0308 e. The minimum atomic E-state index is 0.112. The highest BCUT2D eigenvalue weighted by molar-refractivity contribution is 5.43. The van der Waals surface area contributed by atoms with Crippen molar-refractivity contribution in [2.75, 3.05) is 0 Å². The van der Waals surface area contributed by atoms with E-state index >= 15 is 0 Å². The zero-order valence-electron chi connectivity index (χ0n) is 8.59. The molecule has 1 aromatic heterocycles. The van der Waals surface area contributed by atoms with Gasteiger partial charge in [0.05, 0.1) is 0 Å². The van der Waals surface area contributed by atoms with Crippen LogP contribution in [0.4, 0.5) is 0 Å². The monoisotopic (exact) mass is 188 g/mol. The summed E-state index contributed by atoms with van der Waals surface area (Å²) >= 11 is 0. The van der Waals surface area contributed by atoms with Crippen molar-refractivity contribution in [3.8, 4) is 0 Å². The van der Waals surface area contributed by atoms with Gasteiger partial charge in [-0.05, 0) is 49.8 Å². The Kier molecular flexibility index (Phi) is 1.43. The summed E-state index contributed by atoms with van der Waals surface area (Å²) in [6.45, 7) is 2.17. The Morgan fingerprint density at radius 3 is 2.50 bits per heavy atom. The molecule has 2 N–H and O–H groups in total. The van der Waals surface area contributed by atoms with Crippen LogP contribution in [-0.2, 0) is 5.41 Å². The molecule has 2 fully saturated rings. The van der Waals surface area contributed by atoms with Gasteiger partial charge in [0.2, 0.25) is 0 Å². The molecule has 0 aliphatic heterocycles. The van der Waals surface area contributed by atoms with Crippen LogP contribution < -0.4 is 5.73 Å². The lowest BCUT2D eigenvalue weighted by molar-refractivity contribution is 0.499. The van der Waals surface area contributed by atoms with Gasteiger partial charge in [0.15, 0.2) is 0 Å². The Morgan fingerprint density at radius 2 is 2.00 bits per heavy atom. The first kappa shape index (κ1) is 8.42. The second kappa shape index (κ2) is 2.37. The van der Waals surface area contributed by atoms with Gasteiger partial charge in [-0.25, -0.2) is 0 Å². The van der Waals surface area contributed by atoms with Gasteiger partial charge >= 0.3 is 0 Å². The third-order valence-electron chi connectivity index (χ3n) is 4.05. The van der Waals surface area contributed by atoms with Crippen molar-refractivity contribution < 1.29 is 0 Å². The molecule has 0 aromatic carbocycles. The van der Waals surface area contributed by atoms with E-state index < -0.39 is 0 Å². The van der Waals surface area contributed by atoms with Crippen molar-refractivity contribution in [1.82, 2.24) is 4.98 Å². The zero-order valence-corrected chi connectivity index (χ0v) is 8.59. The molecular formula is C12H16N2. The molecular weight excluding hydrogens is 172 g/mol. The molecule has 2 heteroatoms. The highest BCUT2D eigenvalue weighted by Gasteiger charge is 2.64. The Morgan fingerprint density at radius 1 is 1.29 bits per heavy atom. The van der Waals surface area contributed by atoms with Crippen molar-refractivity contribution in [2.24, 2.45) is 5.73 Å². The summed E-state index contributed by atoms with van der Waals surface area (Å²) in [7, 11) is 0. The third kappa shape index (κ3) is 0.921. The van der Waals surface area contributed by atoms with E-state index in [0.29, 0.717) is 5.41 Å². The van der Waals surface area contributed by atoms with E-state index in [1.54, 1.807) is 0 Å². The number of nitrogens with two attached hydrogens (primary N) is 1. The summed E-state index contributed by atoms with van der Waals surface area (Å²) in [6, 6.07) is 2.10. The minimum Gasteiger partial charge on any atom is -0.324 e. The lowest BCUT2D eigenvalue weighted by Gasteiger charge is -2.24. The van der Waals surface area contributed by atoms with Crippen LogP contribution >= 0.6 is 0 Å². The number of nitrogens with zero attached hydrogens (tertiary/aromatic N) is 1. The zero-order chi connectivity index (χ0) is 9.81. The smallest absolute Gasteiger partial charge is 0.0308 e. The van der Waals surface area contributed by atoms with E-state index in [4.69, 9.17) is 5.73 Å². The van der Waals surface area contributed by atoms with Gasteiger partial charge in [0, 0.05) is 23.3 Å². The van der Waals surface area contributed by atoms with Gasteiger partial charge in [-0.3, -0.25) is 4.98 Å². The molecule has 0 saturated heterocycles. The molecule has 0 bridgehead atoms. The summed E-state index contributed by atoms with van der Waals surface area (Å²) in [6.07, 6.45) is 8.80. The number of hydrogen-bond acceptors (Lipinski definition) is 2. The summed E-state index contributed by atoms with van der Waals surface area (Å²) in [5.74, 6) is 0. The molecule has 2 aliphatic carbocycles. The van der Waals surface area contributed by atoms with Crippen LogP contribution in [-0.4, -0.2) is 10.5 Å². The summed E-state index contributed by atoms with van der Waals surface area (Å²) < 4.78 is 0. The first-order chi connectivity index (χ1) is 6.68. The molecule has 0 radical (unpaired) electrons. The molecule has 2 aliphatic rings. The van der Waals surface area contributed by atoms with E-state index in [9.17, 15) is 0 Å². The maximum absolute atomic E-state index is 6.36. The van der Waals surface area contributed by atoms with Crippen LogP contribution in [0.25, 0.3) is 0 Å². The Balaban J connectivity index is 2.07. The average Bonchev–Trinajstić information content (AvgIpc) is 3.01. The average molecular weight is 188 g/mol. The second-order valence-corrected chi connectivity index (χ2v) is 4.93. The fourth-order valence-electron chi connectivity index (χ4n) is 2.74. The van der Waals surface area contributed by atoms with Crippen LogP contribution in [0, 0.1) is 6.92 Å². The Hall–Kier alpha value is -0.890. The van der Waals surface area contributed by atoms with E-state index in [1.807, 2.05) is 12.4 Å². The largest absolute Gasteiger partial charge is 0.324 e. The molecule has 0 atom stereocenters. The van der Waals surface area contributed by atoms with Gasteiger partial charge in [0.1, 0.15) is 0 Å². The van der Waals surface area contributed by atoms with Gasteiger partial charge in [0.25, 0.3) is 0 Å². The summed E-state index contributed by atoms with van der Waals surface area (Å²) in [5.41, 5.74) is 9.53. The number of aromatic nitrogens is 1. The first-order valence-electron chi connectivity index (χ1n) is 5.38. The lowest BCUT2D eigenvalue weighted by Crippen LogP contribution is -2.37. The maximum atomic E-state index is 6.36. The van der Waals surface area contributed by atoms with Crippen molar-refractivity contribution in [3.63, 3.8) is 0 Å². The fourth-order valence-corrected chi connectivity index (χ4v) is 2.74. The van der Waals surface area contributed by atoms with E-state index in [-0.39, 0.29) is 5.54 Å². The van der Waals surface area contributed by atoms with Crippen molar-refractivity contribution in [2.45, 2.75) is 43.6 Å². The molecule has 3 rings (SSSR count). The van der Waals surface area contributed by atoms with E-state index in [1.165, 1.54) is 36.8 Å². The lowest BCUT2D eigenvalue weighted by atomic mass is 9.85. The van der Waals surface area contributed by atoms with Crippen LogP contribution in [0.15, 0.2) is 18.5 Å². The van der Waals surface area contributed by atoms with Crippen LogP contribution in [0.5, 0.6) is 0 Å². The standard InChI is InChI=1S/C12H16N2/c1-9-2-7-14-8-10(9)11(3-4-11)12(13)5-6-12/h2,7-8H,3-6,13H2,1H3. The minimum absolute atomic E-state index is 0.112. The predicted octanol–water partition coefficient (Wildman–Crippen LogP) is 1.91. The van der Waals surface area contributed by atoms with Gasteiger partial charge in [-0.15, -0.1) is 0 Å². The molecule has 1 aromatic rings. The Bertz CT molecular complexity index is 376. The number of rotatable bonds is 2. The van der Waals surface area contributed by atoms with Crippen molar-refractivity contribution >= 4 is 0 Å². The quantitative estimate of drug-likeness (QED) is 0.770. The summed E-state index contributed by atoms with van der Waals surface area (Å²) in [4.78, 5) is 4.24. The van der Waals surface area contributed by atoms with Crippen LogP contribution in [0.1, 0.15) is 36.8 Å². The summed E-state index contributed by atoms with van der Waals surface area (Å²) in [5, 5.41) is 0. The molecule has 0 amide bonds. The number of aryl methyl sites for hydroxylation is 1. The van der Waals surface area contributed by atoms with Crippen LogP contribution in [0.3, 0.4) is 0 Å². The van der Waals surface area contributed by atoms with E-state index in [2.05, 4.69) is 18.0 Å². The molecule has 2 nitrogen and oxygen atoms in total. The van der Waals surface area contributed by atoms with Gasteiger partial charge in [-0.1, -0.05) is 0 Å². The molecule has 0 spiro atoms. The molecule has 1 heterocycles. The van der Waals surface area contributed by atoms with Crippen molar-refractivity contribution in [1.29, 1.82) is 0 Å². The van der Waals surface area contributed by atoms with Gasteiger partial charge in [-0.2, -0.15) is 0 Å². The van der Waals surface area contributed by atoms with Crippen LogP contribution in [0.2, 0.25) is 0 Å². The second-order valence-electron chi connectivity index (χ2n) is 4.93. The fraction of sp³-hybridized carbons (Fsp3) is 0.583. The predicted molar refractivity (Wildman–Crippen MR) is 56.0 cm³/mol. The molecule has 14 heavy (non-hydrogen) atoms. The van der Waals surface area contributed by atoms with Gasteiger partial charge < -0.3 is 5.73 Å². The molecule has 2 saturated carbocycles. The first-order valence-corrected chi connectivity index (χ1v) is 5.38. The van der Waals surface area contributed by atoms with Crippen molar-refractivity contribution in [3.05, 3.63) is 29.6 Å². The topological polar surface area (TPSA) is 38.9 Å². The SMILES string of the molecule is Cc1ccncc1C1(C2(N)CC2)CC1. The highest BCUT2D eigenvalue weighted by Crippen LogP contribution is 2.63. The normalized spacial score (nSPS) is 25.9. The number of pyridine rings is 1. The number of hydrogen-bond donors (Lipinski definition) is 1. The third-order valence-corrected chi connectivity index (χ3v) is 4.05. The highest BCUT2D eigenvalue weighted by atomic mass is 14.9.